The standard InChI is InChI=1S/C46H74O7/c1-3-5-7-9-11-13-15-17-19-21-23-25-27-29-31-33-35-37-43(49)45(51,39-47)41-53-42-46(52,40-48)44(50)38-36-34-32-30-28-26-24-22-20-18-16-14-12-10-8-6-4-2/h11-14,17-20,23-26,29-32,47-48,51-52H,3-10,15-16,21-22,27-28,33-42H2,1-2H3. The van der Waals surface area contributed by atoms with Crippen molar-refractivity contribution in [1.29, 1.82) is 0 Å². The molecule has 0 rings (SSSR count). The number of carbonyl (C=O) groups is 2. The molecule has 0 heterocycles. The van der Waals surface area contributed by atoms with E-state index < -0.39 is 49.2 Å². The molecule has 0 amide bonds. The number of ether oxygens (including phenoxy) is 1. The molecular weight excluding hydrogens is 664 g/mol. The highest BCUT2D eigenvalue weighted by atomic mass is 16.5. The molecule has 53 heavy (non-hydrogen) atoms. The highest BCUT2D eigenvalue weighted by molar-refractivity contribution is 5.88. The fourth-order valence-electron chi connectivity index (χ4n) is 5.17. The monoisotopic (exact) mass is 739 g/mol. The van der Waals surface area contributed by atoms with Gasteiger partial charge in [0.15, 0.2) is 22.8 Å². The Morgan fingerprint density at radius 3 is 0.962 bits per heavy atom. The third-order valence-corrected chi connectivity index (χ3v) is 8.71. The maximum Gasteiger partial charge on any atom is 0.169 e. The van der Waals surface area contributed by atoms with Gasteiger partial charge in [0.1, 0.15) is 0 Å². The zero-order valence-corrected chi connectivity index (χ0v) is 33.2. The molecule has 300 valence electrons. The minimum atomic E-state index is -2.15. The fourth-order valence-corrected chi connectivity index (χ4v) is 5.17. The van der Waals surface area contributed by atoms with Crippen LogP contribution in [0, 0.1) is 0 Å². The smallest absolute Gasteiger partial charge is 0.169 e. The van der Waals surface area contributed by atoms with Gasteiger partial charge in [-0.3, -0.25) is 9.59 Å². The van der Waals surface area contributed by atoms with Crippen molar-refractivity contribution in [2.45, 2.75) is 153 Å². The zero-order valence-electron chi connectivity index (χ0n) is 33.2. The molecule has 0 radical (unpaired) electrons. The summed E-state index contributed by atoms with van der Waals surface area (Å²) in [4.78, 5) is 25.3. The van der Waals surface area contributed by atoms with Gasteiger partial charge in [0.25, 0.3) is 0 Å². The highest BCUT2D eigenvalue weighted by Gasteiger charge is 2.39. The molecule has 0 fully saturated rings. The number of hydrogen-bond acceptors (Lipinski definition) is 7. The van der Waals surface area contributed by atoms with Crippen molar-refractivity contribution in [3.63, 3.8) is 0 Å². The summed E-state index contributed by atoms with van der Waals surface area (Å²) >= 11 is 0. The molecule has 7 nitrogen and oxygen atoms in total. The summed E-state index contributed by atoms with van der Waals surface area (Å²) in [6, 6.07) is 0. The minimum Gasteiger partial charge on any atom is -0.393 e. The Bertz CT molecular complexity index is 1050. The average Bonchev–Trinajstić information content (AvgIpc) is 3.16. The summed E-state index contributed by atoms with van der Waals surface area (Å²) in [6.07, 6.45) is 51.7. The summed E-state index contributed by atoms with van der Waals surface area (Å²) in [7, 11) is 0. The number of aliphatic hydroxyl groups excluding tert-OH is 2. The van der Waals surface area contributed by atoms with Gasteiger partial charge < -0.3 is 25.2 Å². The lowest BCUT2D eigenvalue weighted by molar-refractivity contribution is -0.163. The van der Waals surface area contributed by atoms with Crippen LogP contribution in [0.2, 0.25) is 0 Å². The lowest BCUT2D eigenvalue weighted by Crippen LogP contribution is -2.51. The SMILES string of the molecule is CCCCCC=CCC=CCC=CCC=CCCCC(=O)C(O)(CO)COCC(O)(CO)C(=O)CCCC=CCC=CCC=CCC=CCCCCC. The van der Waals surface area contributed by atoms with Crippen molar-refractivity contribution in [3.8, 4) is 0 Å². The molecule has 0 saturated heterocycles. The first kappa shape index (κ1) is 50.1. The van der Waals surface area contributed by atoms with Gasteiger partial charge in [-0.25, -0.2) is 0 Å². The zero-order chi connectivity index (χ0) is 39.1. The number of allylic oxidation sites excluding steroid dienone is 16. The molecule has 0 saturated carbocycles. The largest absolute Gasteiger partial charge is 0.393 e. The Labute approximate surface area is 322 Å². The third kappa shape index (κ3) is 29.1. The first-order chi connectivity index (χ1) is 25.8. The second kappa shape index (κ2) is 36.1. The number of unbranched alkanes of at least 4 members (excludes halogenated alkanes) is 8. The van der Waals surface area contributed by atoms with Crippen molar-refractivity contribution in [3.05, 3.63) is 97.2 Å². The summed E-state index contributed by atoms with van der Waals surface area (Å²) in [5, 5.41) is 40.8. The van der Waals surface area contributed by atoms with Crippen LogP contribution >= 0.6 is 0 Å². The van der Waals surface area contributed by atoms with Crippen LogP contribution in [0.5, 0.6) is 0 Å². The minimum absolute atomic E-state index is 0.0408. The molecule has 7 heteroatoms. The second-order valence-corrected chi connectivity index (χ2v) is 13.7. The van der Waals surface area contributed by atoms with E-state index in [9.17, 15) is 30.0 Å². The first-order valence-corrected chi connectivity index (χ1v) is 20.3. The van der Waals surface area contributed by atoms with E-state index in [0.29, 0.717) is 25.7 Å². The van der Waals surface area contributed by atoms with Gasteiger partial charge in [-0.2, -0.15) is 0 Å². The quantitative estimate of drug-likeness (QED) is 0.0373. The van der Waals surface area contributed by atoms with Crippen LogP contribution in [0.25, 0.3) is 0 Å². The first-order valence-electron chi connectivity index (χ1n) is 20.3. The van der Waals surface area contributed by atoms with E-state index in [1.54, 1.807) is 0 Å². The topological polar surface area (TPSA) is 124 Å². The molecule has 0 bridgehead atoms. The molecule has 2 atom stereocenters. The Hall–Kier alpha value is -2.94. The van der Waals surface area contributed by atoms with Crippen molar-refractivity contribution < 1.29 is 34.8 Å². The van der Waals surface area contributed by atoms with Gasteiger partial charge in [-0.15, -0.1) is 0 Å². The van der Waals surface area contributed by atoms with Crippen LogP contribution < -0.4 is 0 Å². The molecule has 0 aromatic carbocycles. The van der Waals surface area contributed by atoms with Gasteiger partial charge in [0.2, 0.25) is 0 Å². The number of rotatable bonds is 36. The highest BCUT2D eigenvalue weighted by Crippen LogP contribution is 2.16. The van der Waals surface area contributed by atoms with Gasteiger partial charge in [-0.05, 0) is 89.9 Å². The predicted octanol–water partition coefficient (Wildman–Crippen LogP) is 9.88. The summed E-state index contributed by atoms with van der Waals surface area (Å²) < 4.78 is 5.34. The summed E-state index contributed by atoms with van der Waals surface area (Å²) in [5.41, 5.74) is -4.30. The Morgan fingerprint density at radius 1 is 0.434 bits per heavy atom. The molecule has 0 aromatic rings. The van der Waals surface area contributed by atoms with E-state index in [1.807, 2.05) is 24.3 Å². The number of hydrogen-bond donors (Lipinski definition) is 4. The van der Waals surface area contributed by atoms with Crippen molar-refractivity contribution in [2.75, 3.05) is 26.4 Å². The van der Waals surface area contributed by atoms with Crippen LogP contribution in [-0.2, 0) is 14.3 Å². The molecule has 2 unspecified atom stereocenters. The molecule has 0 aromatic heterocycles. The average molecular weight is 739 g/mol. The van der Waals surface area contributed by atoms with Crippen LogP contribution in [-0.4, -0.2) is 69.6 Å². The fraction of sp³-hybridized carbons (Fsp3) is 0.609. The van der Waals surface area contributed by atoms with Gasteiger partial charge >= 0.3 is 0 Å². The van der Waals surface area contributed by atoms with E-state index >= 15 is 0 Å². The van der Waals surface area contributed by atoms with Gasteiger partial charge in [-0.1, -0.05) is 137 Å². The lowest BCUT2D eigenvalue weighted by Gasteiger charge is -2.28. The summed E-state index contributed by atoms with van der Waals surface area (Å²) in [6.45, 7) is 1.54. The van der Waals surface area contributed by atoms with E-state index in [1.165, 1.54) is 38.5 Å². The molecule has 0 aliphatic heterocycles. The van der Waals surface area contributed by atoms with E-state index in [2.05, 4.69) is 86.8 Å². The van der Waals surface area contributed by atoms with Crippen molar-refractivity contribution >= 4 is 11.6 Å². The van der Waals surface area contributed by atoms with Crippen LogP contribution in [0.1, 0.15) is 142 Å². The van der Waals surface area contributed by atoms with Crippen LogP contribution in [0.3, 0.4) is 0 Å². The second-order valence-electron chi connectivity index (χ2n) is 13.7. The van der Waals surface area contributed by atoms with Crippen LogP contribution in [0.15, 0.2) is 97.2 Å². The Balaban J connectivity index is 4.26. The summed E-state index contributed by atoms with van der Waals surface area (Å²) in [5.74, 6) is -1.15. The number of Topliss-reactive ketones (excluding diaryl/α,β-unsaturated/α-hetero) is 2. The molecule has 0 aliphatic rings. The van der Waals surface area contributed by atoms with E-state index in [-0.39, 0.29) is 12.8 Å². The van der Waals surface area contributed by atoms with Gasteiger partial charge in [0.05, 0.1) is 26.4 Å². The molecule has 0 spiro atoms. The third-order valence-electron chi connectivity index (χ3n) is 8.71. The molecule has 4 N–H and O–H groups in total. The van der Waals surface area contributed by atoms with E-state index in [4.69, 9.17) is 4.74 Å². The normalized spacial score (nSPS) is 15.2. The van der Waals surface area contributed by atoms with Crippen molar-refractivity contribution in [2.24, 2.45) is 0 Å². The lowest BCUT2D eigenvalue weighted by atomic mass is 9.94. The number of carbonyl (C=O) groups excluding carboxylic acids is 2. The molecule has 0 aliphatic carbocycles. The number of aliphatic hydroxyl groups is 4. The van der Waals surface area contributed by atoms with Crippen molar-refractivity contribution in [1.82, 2.24) is 0 Å². The molecular formula is C46H74O7. The van der Waals surface area contributed by atoms with E-state index in [0.717, 1.165) is 51.4 Å². The number of ketones is 2. The Kier molecular flexibility index (Phi) is 34.1. The Morgan fingerprint density at radius 2 is 0.698 bits per heavy atom. The maximum atomic E-state index is 12.7. The predicted molar refractivity (Wildman–Crippen MR) is 222 cm³/mol. The maximum absolute atomic E-state index is 12.7. The van der Waals surface area contributed by atoms with Gasteiger partial charge in [0, 0.05) is 12.8 Å². The van der Waals surface area contributed by atoms with Crippen LogP contribution in [0.4, 0.5) is 0 Å².